The van der Waals surface area contributed by atoms with E-state index in [1.54, 1.807) is 0 Å². The normalized spacial score (nSPS) is 10.2. The summed E-state index contributed by atoms with van der Waals surface area (Å²) in [5.41, 5.74) is 2.01. The largest absolute Gasteiger partial charge is 0.489 e. The Balaban J connectivity index is 1.54. The molecule has 0 aliphatic heterocycles. The number of rotatable bonds is 7. The first-order valence-corrected chi connectivity index (χ1v) is 8.33. The first-order valence-electron chi connectivity index (χ1n) is 8.33. The average Bonchev–Trinajstić information content (AvgIpc) is 2.69. The second kappa shape index (κ2) is 8.72. The van der Waals surface area contributed by atoms with Gasteiger partial charge in [0.1, 0.15) is 23.9 Å². The zero-order chi connectivity index (χ0) is 18.2. The molecule has 26 heavy (non-hydrogen) atoms. The van der Waals surface area contributed by atoms with Crippen molar-refractivity contribution in [2.24, 2.45) is 0 Å². The highest BCUT2D eigenvalue weighted by Gasteiger charge is 2.04. The van der Waals surface area contributed by atoms with Crippen molar-refractivity contribution in [2.75, 3.05) is 7.11 Å². The molecule has 3 aromatic carbocycles. The van der Waals surface area contributed by atoms with Crippen LogP contribution in [0.5, 0.6) is 17.2 Å². The molecular weight excluding hydrogens is 328 g/mol. The van der Waals surface area contributed by atoms with Crippen molar-refractivity contribution in [1.29, 1.82) is 0 Å². The highest BCUT2D eigenvalue weighted by molar-refractivity contribution is 5.72. The van der Waals surface area contributed by atoms with Crippen LogP contribution in [0.15, 0.2) is 78.9 Å². The van der Waals surface area contributed by atoms with E-state index in [9.17, 15) is 4.79 Å². The molecule has 0 aromatic heterocycles. The zero-order valence-corrected chi connectivity index (χ0v) is 14.6. The van der Waals surface area contributed by atoms with E-state index in [4.69, 9.17) is 9.47 Å². The van der Waals surface area contributed by atoms with E-state index >= 15 is 0 Å². The third-order valence-electron chi connectivity index (χ3n) is 3.81. The summed E-state index contributed by atoms with van der Waals surface area (Å²) in [7, 11) is 1.38. The Kier molecular flexibility index (Phi) is 5.88. The molecule has 0 aliphatic rings. The molecule has 0 saturated heterocycles. The minimum atomic E-state index is -0.259. The topological polar surface area (TPSA) is 44.8 Å². The van der Waals surface area contributed by atoms with E-state index in [0.29, 0.717) is 12.4 Å². The van der Waals surface area contributed by atoms with Gasteiger partial charge in [-0.3, -0.25) is 4.79 Å². The minimum Gasteiger partial charge on any atom is -0.489 e. The van der Waals surface area contributed by atoms with Crippen LogP contribution in [0.2, 0.25) is 0 Å². The molecule has 0 unspecified atom stereocenters. The third kappa shape index (κ3) is 5.11. The van der Waals surface area contributed by atoms with Crippen LogP contribution in [0.25, 0.3) is 0 Å². The lowest BCUT2D eigenvalue weighted by Crippen LogP contribution is -2.04. The maximum absolute atomic E-state index is 11.3. The summed E-state index contributed by atoms with van der Waals surface area (Å²) in [5, 5.41) is 0. The smallest absolute Gasteiger partial charge is 0.309 e. The first kappa shape index (κ1) is 17.5. The number of ether oxygens (including phenoxy) is 3. The Hall–Kier alpha value is -3.27. The van der Waals surface area contributed by atoms with Gasteiger partial charge in [-0.25, -0.2) is 0 Å². The number of benzene rings is 3. The van der Waals surface area contributed by atoms with Gasteiger partial charge in [-0.15, -0.1) is 0 Å². The molecule has 0 heterocycles. The van der Waals surface area contributed by atoms with Crippen LogP contribution in [0.3, 0.4) is 0 Å². The molecule has 0 N–H and O–H groups in total. The fourth-order valence-corrected chi connectivity index (χ4v) is 2.40. The van der Waals surface area contributed by atoms with Crippen molar-refractivity contribution >= 4 is 5.97 Å². The van der Waals surface area contributed by atoms with Crippen LogP contribution in [0.1, 0.15) is 11.1 Å². The SMILES string of the molecule is COC(=O)Cc1ccc(Oc2ccc(OCc3ccccc3)cc2)cc1. The van der Waals surface area contributed by atoms with E-state index in [1.807, 2.05) is 78.9 Å². The van der Waals surface area contributed by atoms with Crippen LogP contribution in [0.4, 0.5) is 0 Å². The van der Waals surface area contributed by atoms with Gasteiger partial charge in [0.05, 0.1) is 13.5 Å². The van der Waals surface area contributed by atoms with E-state index in [-0.39, 0.29) is 12.4 Å². The Morgan fingerprint density at radius 1 is 0.731 bits per heavy atom. The lowest BCUT2D eigenvalue weighted by atomic mass is 10.1. The van der Waals surface area contributed by atoms with Crippen LogP contribution >= 0.6 is 0 Å². The first-order chi connectivity index (χ1) is 12.7. The standard InChI is InChI=1S/C22H20O4/c1-24-22(23)15-17-7-9-20(10-8-17)26-21-13-11-19(12-14-21)25-16-18-5-3-2-4-6-18/h2-14H,15-16H2,1H3. The molecular formula is C22H20O4. The minimum absolute atomic E-state index is 0.254. The summed E-state index contributed by atoms with van der Waals surface area (Å²) >= 11 is 0. The maximum Gasteiger partial charge on any atom is 0.309 e. The summed E-state index contributed by atoms with van der Waals surface area (Å²) in [6.45, 7) is 0.530. The van der Waals surface area contributed by atoms with Gasteiger partial charge in [0, 0.05) is 0 Å². The van der Waals surface area contributed by atoms with E-state index in [1.165, 1.54) is 7.11 Å². The number of carbonyl (C=O) groups is 1. The van der Waals surface area contributed by atoms with Gasteiger partial charge in [0.15, 0.2) is 0 Å². The molecule has 0 spiro atoms. The van der Waals surface area contributed by atoms with Gasteiger partial charge in [0.2, 0.25) is 0 Å². The molecule has 4 heteroatoms. The van der Waals surface area contributed by atoms with Crippen molar-refractivity contribution in [2.45, 2.75) is 13.0 Å². The van der Waals surface area contributed by atoms with Gasteiger partial charge in [0.25, 0.3) is 0 Å². The quantitative estimate of drug-likeness (QED) is 0.577. The van der Waals surface area contributed by atoms with Crippen LogP contribution < -0.4 is 9.47 Å². The fraction of sp³-hybridized carbons (Fsp3) is 0.136. The van der Waals surface area contributed by atoms with Crippen LogP contribution in [-0.2, 0) is 22.6 Å². The molecule has 0 bridgehead atoms. The predicted molar refractivity (Wildman–Crippen MR) is 99.5 cm³/mol. The molecule has 0 saturated carbocycles. The monoisotopic (exact) mass is 348 g/mol. The van der Waals surface area contributed by atoms with Crippen LogP contribution in [0, 0.1) is 0 Å². The molecule has 3 aromatic rings. The predicted octanol–water partition coefficient (Wildman–Crippen LogP) is 4.77. The summed E-state index contributed by atoms with van der Waals surface area (Å²) < 4.78 is 16.2. The Labute approximate surface area is 153 Å². The molecule has 0 atom stereocenters. The molecule has 0 fully saturated rings. The Morgan fingerprint density at radius 3 is 1.92 bits per heavy atom. The number of hydrogen-bond donors (Lipinski definition) is 0. The van der Waals surface area contributed by atoms with Crippen molar-refractivity contribution in [3.63, 3.8) is 0 Å². The Morgan fingerprint density at radius 2 is 1.31 bits per heavy atom. The lowest BCUT2D eigenvalue weighted by molar-refractivity contribution is -0.139. The molecule has 4 nitrogen and oxygen atoms in total. The van der Waals surface area contributed by atoms with Crippen molar-refractivity contribution in [3.05, 3.63) is 90.0 Å². The Bertz CT molecular complexity index is 824. The molecule has 0 amide bonds. The number of esters is 1. The van der Waals surface area contributed by atoms with Crippen molar-refractivity contribution in [1.82, 2.24) is 0 Å². The number of carbonyl (C=O) groups excluding carboxylic acids is 1. The summed E-state index contributed by atoms with van der Waals surface area (Å²) in [5.74, 6) is 1.95. The third-order valence-corrected chi connectivity index (χ3v) is 3.81. The summed E-state index contributed by atoms with van der Waals surface area (Å²) in [6, 6.07) is 24.9. The van der Waals surface area contributed by atoms with Crippen LogP contribution in [-0.4, -0.2) is 13.1 Å². The van der Waals surface area contributed by atoms with Gasteiger partial charge in [-0.1, -0.05) is 42.5 Å². The van der Waals surface area contributed by atoms with E-state index in [2.05, 4.69) is 4.74 Å². The second-order valence-electron chi connectivity index (χ2n) is 5.74. The molecule has 0 aliphatic carbocycles. The highest BCUT2D eigenvalue weighted by Crippen LogP contribution is 2.24. The van der Waals surface area contributed by atoms with E-state index < -0.39 is 0 Å². The molecule has 132 valence electrons. The summed E-state index contributed by atoms with van der Waals surface area (Å²) in [4.78, 5) is 11.3. The number of methoxy groups -OCH3 is 1. The highest BCUT2D eigenvalue weighted by atomic mass is 16.5. The second-order valence-corrected chi connectivity index (χ2v) is 5.74. The van der Waals surface area contributed by atoms with E-state index in [0.717, 1.165) is 22.6 Å². The number of hydrogen-bond acceptors (Lipinski definition) is 4. The van der Waals surface area contributed by atoms with Gasteiger partial charge in [-0.2, -0.15) is 0 Å². The maximum atomic E-state index is 11.3. The van der Waals surface area contributed by atoms with Gasteiger partial charge < -0.3 is 14.2 Å². The summed E-state index contributed by atoms with van der Waals surface area (Å²) in [6.07, 6.45) is 0.254. The molecule has 3 rings (SSSR count). The molecule has 0 radical (unpaired) electrons. The lowest BCUT2D eigenvalue weighted by Gasteiger charge is -2.09. The average molecular weight is 348 g/mol. The fourth-order valence-electron chi connectivity index (χ4n) is 2.40. The van der Waals surface area contributed by atoms with Gasteiger partial charge in [-0.05, 0) is 47.5 Å². The van der Waals surface area contributed by atoms with Crippen molar-refractivity contribution < 1.29 is 19.0 Å². The van der Waals surface area contributed by atoms with Gasteiger partial charge >= 0.3 is 5.97 Å². The zero-order valence-electron chi connectivity index (χ0n) is 14.6. The van der Waals surface area contributed by atoms with Crippen molar-refractivity contribution in [3.8, 4) is 17.2 Å².